The Balaban J connectivity index is 1.93. The zero-order valence-electron chi connectivity index (χ0n) is 12.6. The van der Waals surface area contributed by atoms with Gasteiger partial charge in [0.1, 0.15) is 23.1 Å². The smallest absolute Gasteiger partial charge is 0.125 e. The minimum Gasteiger partial charge on any atom is -0.507 e. The Morgan fingerprint density at radius 2 is 1.58 bits per heavy atom. The van der Waals surface area contributed by atoms with E-state index in [0.717, 1.165) is 5.69 Å². The largest absolute Gasteiger partial charge is 0.507 e. The maximum absolute atomic E-state index is 10.1. The molecule has 0 fully saturated rings. The van der Waals surface area contributed by atoms with Crippen LogP contribution in [0.5, 0.6) is 5.75 Å². The molecule has 8 nitrogen and oxygen atoms in total. The minimum absolute atomic E-state index is 0.00341. The molecule has 0 aliphatic heterocycles. The lowest BCUT2D eigenvalue weighted by molar-refractivity contribution is 0.477. The first-order chi connectivity index (χ1) is 11.5. The number of phenols is 1. The van der Waals surface area contributed by atoms with Crippen molar-refractivity contribution in [2.24, 2.45) is 11.5 Å². The van der Waals surface area contributed by atoms with Crippen LogP contribution in [0.25, 0.3) is 16.9 Å². The molecule has 0 bridgehead atoms. The Bertz CT molecular complexity index is 928. The molecule has 24 heavy (non-hydrogen) atoms. The third-order valence-electron chi connectivity index (χ3n) is 3.52. The quantitative estimate of drug-likeness (QED) is 0.361. The molecule has 3 aromatic rings. The third kappa shape index (κ3) is 2.80. The predicted octanol–water partition coefficient (Wildman–Crippen LogP) is 1.21. The number of nitrogens with one attached hydrogen (secondary N) is 2. The number of amidine groups is 2. The number of hydrogen-bond acceptors (Lipinski definition) is 5. The van der Waals surface area contributed by atoms with E-state index in [1.165, 1.54) is 6.07 Å². The molecule has 8 heteroatoms. The van der Waals surface area contributed by atoms with Crippen molar-refractivity contribution in [2.45, 2.75) is 0 Å². The van der Waals surface area contributed by atoms with E-state index in [2.05, 4.69) is 10.3 Å². The van der Waals surface area contributed by atoms with Crippen molar-refractivity contribution in [3.63, 3.8) is 0 Å². The average molecular weight is 321 g/mol. The fraction of sp³-hybridized carbons (Fsp3) is 0. The molecular formula is C16H15N7O. The summed E-state index contributed by atoms with van der Waals surface area (Å²) in [6.07, 6.45) is 1.67. The molecule has 0 unspecified atom stereocenters. The average Bonchev–Trinajstić information content (AvgIpc) is 3.04. The van der Waals surface area contributed by atoms with Crippen molar-refractivity contribution in [1.29, 1.82) is 10.8 Å². The van der Waals surface area contributed by atoms with Gasteiger partial charge in [0.2, 0.25) is 0 Å². The van der Waals surface area contributed by atoms with Crippen LogP contribution in [0.4, 0.5) is 0 Å². The van der Waals surface area contributed by atoms with Crippen molar-refractivity contribution in [3.8, 4) is 22.7 Å². The highest BCUT2D eigenvalue weighted by molar-refractivity contribution is 5.96. The van der Waals surface area contributed by atoms with Gasteiger partial charge in [-0.25, -0.2) is 4.68 Å². The second-order valence-electron chi connectivity index (χ2n) is 5.15. The molecule has 7 N–H and O–H groups in total. The first-order valence-corrected chi connectivity index (χ1v) is 7.00. The monoisotopic (exact) mass is 321 g/mol. The lowest BCUT2D eigenvalue weighted by atomic mass is 10.1. The minimum atomic E-state index is -0.119. The molecule has 0 atom stereocenters. The summed E-state index contributed by atoms with van der Waals surface area (Å²) in [5.41, 5.74) is 13.6. The lowest BCUT2D eigenvalue weighted by Gasteiger charge is -2.04. The first-order valence-electron chi connectivity index (χ1n) is 7.00. The van der Waals surface area contributed by atoms with Crippen LogP contribution in [-0.2, 0) is 0 Å². The lowest BCUT2D eigenvalue weighted by Crippen LogP contribution is -2.10. The van der Waals surface area contributed by atoms with Gasteiger partial charge in [0, 0.05) is 16.7 Å². The molecule has 1 aromatic heterocycles. The first kappa shape index (κ1) is 15.2. The standard InChI is InChI=1S/C16H15N7O/c17-15(18)9-1-4-11(5-2-9)23-8-13(21-22-23)12-6-3-10(16(19)20)7-14(12)24/h1-8,24H,(H3,17,18)(H3,19,20). The van der Waals surface area contributed by atoms with E-state index < -0.39 is 0 Å². The number of aromatic hydroxyl groups is 1. The van der Waals surface area contributed by atoms with Crippen molar-refractivity contribution in [1.82, 2.24) is 15.0 Å². The molecule has 0 spiro atoms. The van der Waals surface area contributed by atoms with Crippen LogP contribution in [0.1, 0.15) is 11.1 Å². The van der Waals surface area contributed by atoms with Gasteiger partial charge in [-0.05, 0) is 36.4 Å². The highest BCUT2D eigenvalue weighted by atomic mass is 16.3. The Labute approximate surface area is 137 Å². The van der Waals surface area contributed by atoms with E-state index >= 15 is 0 Å². The number of benzene rings is 2. The maximum Gasteiger partial charge on any atom is 0.125 e. The van der Waals surface area contributed by atoms with Gasteiger partial charge in [-0.2, -0.15) is 0 Å². The Morgan fingerprint density at radius 1 is 0.958 bits per heavy atom. The number of aromatic nitrogens is 3. The fourth-order valence-electron chi connectivity index (χ4n) is 2.22. The molecule has 0 amide bonds. The zero-order valence-corrected chi connectivity index (χ0v) is 12.6. The summed E-state index contributed by atoms with van der Waals surface area (Å²) < 4.78 is 1.55. The van der Waals surface area contributed by atoms with Crippen molar-refractivity contribution in [2.75, 3.05) is 0 Å². The molecule has 2 aromatic carbocycles. The second-order valence-corrected chi connectivity index (χ2v) is 5.15. The van der Waals surface area contributed by atoms with Gasteiger partial charge < -0.3 is 16.6 Å². The molecule has 120 valence electrons. The van der Waals surface area contributed by atoms with Gasteiger partial charge in [-0.1, -0.05) is 11.3 Å². The molecule has 0 aliphatic carbocycles. The van der Waals surface area contributed by atoms with Gasteiger partial charge in [0.05, 0.1) is 11.9 Å². The molecule has 0 aliphatic rings. The van der Waals surface area contributed by atoms with Crippen LogP contribution in [0, 0.1) is 10.8 Å². The third-order valence-corrected chi connectivity index (χ3v) is 3.52. The van der Waals surface area contributed by atoms with Crippen LogP contribution in [0.3, 0.4) is 0 Å². The van der Waals surface area contributed by atoms with Crippen molar-refractivity contribution < 1.29 is 5.11 Å². The molecule has 0 saturated carbocycles. The second kappa shape index (κ2) is 5.84. The van der Waals surface area contributed by atoms with E-state index in [1.807, 2.05) is 0 Å². The fourth-order valence-corrected chi connectivity index (χ4v) is 2.22. The maximum atomic E-state index is 10.1. The number of nitrogens with two attached hydrogens (primary N) is 2. The normalized spacial score (nSPS) is 10.5. The number of nitrogen functional groups attached to an aromatic ring is 2. The number of hydrogen-bond donors (Lipinski definition) is 5. The number of rotatable bonds is 4. The number of phenolic OH excluding ortho intramolecular Hbond substituents is 1. The molecule has 0 radical (unpaired) electrons. The van der Waals surface area contributed by atoms with Crippen LogP contribution in [0.15, 0.2) is 48.7 Å². The summed E-state index contributed by atoms with van der Waals surface area (Å²) in [6, 6.07) is 11.7. The van der Waals surface area contributed by atoms with Crippen molar-refractivity contribution >= 4 is 11.7 Å². The van der Waals surface area contributed by atoms with E-state index in [4.69, 9.17) is 22.3 Å². The molecule has 3 rings (SSSR count). The summed E-state index contributed by atoms with van der Waals surface area (Å²) >= 11 is 0. The molecule has 1 heterocycles. The SMILES string of the molecule is N=C(N)c1ccc(-n2cc(-c3ccc(C(=N)N)cc3O)nn2)cc1. The highest BCUT2D eigenvalue weighted by Crippen LogP contribution is 2.28. The van der Waals surface area contributed by atoms with Gasteiger partial charge in [0.15, 0.2) is 0 Å². The van der Waals surface area contributed by atoms with E-state index in [9.17, 15) is 5.11 Å². The van der Waals surface area contributed by atoms with E-state index in [-0.39, 0.29) is 17.4 Å². The Hall–Kier alpha value is -3.68. The number of nitrogens with zero attached hydrogens (tertiary/aromatic N) is 3. The van der Waals surface area contributed by atoms with Crippen LogP contribution in [0.2, 0.25) is 0 Å². The van der Waals surface area contributed by atoms with Gasteiger partial charge in [-0.3, -0.25) is 10.8 Å². The molecule has 0 saturated heterocycles. The summed E-state index contributed by atoms with van der Waals surface area (Å²) in [5.74, 6) is -0.149. The van der Waals surface area contributed by atoms with Gasteiger partial charge in [-0.15, -0.1) is 5.10 Å². The zero-order chi connectivity index (χ0) is 17.3. The summed E-state index contributed by atoms with van der Waals surface area (Å²) in [6.45, 7) is 0. The van der Waals surface area contributed by atoms with E-state index in [0.29, 0.717) is 22.4 Å². The van der Waals surface area contributed by atoms with E-state index in [1.54, 1.807) is 47.3 Å². The predicted molar refractivity (Wildman–Crippen MR) is 90.5 cm³/mol. The van der Waals surface area contributed by atoms with Gasteiger partial charge >= 0.3 is 0 Å². The Kier molecular flexibility index (Phi) is 3.70. The summed E-state index contributed by atoms with van der Waals surface area (Å²) in [5, 5.41) is 33.0. The summed E-state index contributed by atoms with van der Waals surface area (Å²) in [4.78, 5) is 0. The van der Waals surface area contributed by atoms with Gasteiger partial charge in [0.25, 0.3) is 0 Å². The topological polar surface area (TPSA) is 151 Å². The highest BCUT2D eigenvalue weighted by Gasteiger charge is 2.11. The molecular weight excluding hydrogens is 306 g/mol. The van der Waals surface area contributed by atoms with Crippen molar-refractivity contribution in [3.05, 3.63) is 59.8 Å². The van der Waals surface area contributed by atoms with Crippen LogP contribution >= 0.6 is 0 Å². The van der Waals surface area contributed by atoms with Crippen LogP contribution in [-0.4, -0.2) is 31.8 Å². The van der Waals surface area contributed by atoms with Crippen LogP contribution < -0.4 is 11.5 Å². The summed E-state index contributed by atoms with van der Waals surface area (Å²) in [7, 11) is 0. The Morgan fingerprint density at radius 3 is 2.17 bits per heavy atom.